The van der Waals surface area contributed by atoms with E-state index in [2.05, 4.69) is 5.32 Å². The standard InChI is InChI=1S/C19H18F3NO5/c1-11(17(24)23-13-6-4-12(5-7-13)19(20,21)22)28-18(25)15-9-8-14(26-2)10-16(15)27-3/h4-11H,1-3H3,(H,23,24). The molecular weight excluding hydrogens is 379 g/mol. The van der Waals surface area contributed by atoms with Crippen LogP contribution in [0.5, 0.6) is 11.5 Å². The maximum Gasteiger partial charge on any atom is 0.416 e. The number of amides is 1. The Morgan fingerprint density at radius 3 is 2.18 bits per heavy atom. The van der Waals surface area contributed by atoms with E-state index in [1.807, 2.05) is 0 Å². The molecule has 28 heavy (non-hydrogen) atoms. The van der Waals surface area contributed by atoms with Gasteiger partial charge in [-0.15, -0.1) is 0 Å². The van der Waals surface area contributed by atoms with E-state index in [1.54, 1.807) is 0 Å². The molecule has 1 N–H and O–H groups in total. The number of rotatable bonds is 6. The number of alkyl halides is 3. The number of anilines is 1. The second-order valence-corrected chi connectivity index (χ2v) is 5.68. The summed E-state index contributed by atoms with van der Waals surface area (Å²) < 4.78 is 52.9. The fraction of sp³-hybridized carbons (Fsp3) is 0.263. The van der Waals surface area contributed by atoms with Crippen LogP contribution in [0.3, 0.4) is 0 Å². The summed E-state index contributed by atoms with van der Waals surface area (Å²) in [5.41, 5.74) is -0.600. The summed E-state index contributed by atoms with van der Waals surface area (Å²) in [6.45, 7) is 1.34. The second kappa shape index (κ2) is 8.64. The van der Waals surface area contributed by atoms with E-state index in [0.717, 1.165) is 24.3 Å². The van der Waals surface area contributed by atoms with Crippen molar-refractivity contribution < 1.29 is 37.0 Å². The summed E-state index contributed by atoms with van der Waals surface area (Å²) >= 11 is 0. The highest BCUT2D eigenvalue weighted by atomic mass is 19.4. The Morgan fingerprint density at radius 2 is 1.64 bits per heavy atom. The van der Waals surface area contributed by atoms with E-state index in [1.165, 1.54) is 39.3 Å². The van der Waals surface area contributed by atoms with Gasteiger partial charge < -0.3 is 19.5 Å². The van der Waals surface area contributed by atoms with Crippen LogP contribution < -0.4 is 14.8 Å². The highest BCUT2D eigenvalue weighted by Crippen LogP contribution is 2.30. The van der Waals surface area contributed by atoms with Crippen molar-refractivity contribution in [1.29, 1.82) is 0 Å². The van der Waals surface area contributed by atoms with Crippen molar-refractivity contribution >= 4 is 17.6 Å². The number of hydrogen-bond acceptors (Lipinski definition) is 5. The first-order valence-electron chi connectivity index (χ1n) is 8.07. The first-order chi connectivity index (χ1) is 13.2. The van der Waals surface area contributed by atoms with Crippen LogP contribution in [0, 0.1) is 0 Å². The van der Waals surface area contributed by atoms with Gasteiger partial charge in [0.1, 0.15) is 17.1 Å². The molecule has 1 amide bonds. The van der Waals surface area contributed by atoms with Gasteiger partial charge in [0.05, 0.1) is 19.8 Å². The van der Waals surface area contributed by atoms with Gasteiger partial charge in [-0.1, -0.05) is 0 Å². The topological polar surface area (TPSA) is 73.9 Å². The SMILES string of the molecule is COc1ccc(C(=O)OC(C)C(=O)Nc2ccc(C(F)(F)F)cc2)c(OC)c1. The van der Waals surface area contributed by atoms with Gasteiger partial charge in [0.25, 0.3) is 5.91 Å². The van der Waals surface area contributed by atoms with Crippen LogP contribution in [0.4, 0.5) is 18.9 Å². The minimum Gasteiger partial charge on any atom is -0.497 e. The van der Waals surface area contributed by atoms with Gasteiger partial charge in [-0.25, -0.2) is 4.79 Å². The van der Waals surface area contributed by atoms with E-state index in [4.69, 9.17) is 14.2 Å². The monoisotopic (exact) mass is 397 g/mol. The molecule has 0 aliphatic rings. The molecule has 0 saturated carbocycles. The van der Waals surface area contributed by atoms with Crippen LogP contribution in [-0.4, -0.2) is 32.2 Å². The third-order valence-corrected chi connectivity index (χ3v) is 3.76. The smallest absolute Gasteiger partial charge is 0.416 e. The maximum absolute atomic E-state index is 12.6. The van der Waals surface area contributed by atoms with E-state index in [9.17, 15) is 22.8 Å². The lowest BCUT2D eigenvalue weighted by molar-refractivity contribution is -0.137. The third kappa shape index (κ3) is 5.15. The number of benzene rings is 2. The molecule has 0 fully saturated rings. The predicted octanol–water partition coefficient (Wildman–Crippen LogP) is 3.91. The molecular formula is C19H18F3NO5. The van der Waals surface area contributed by atoms with Crippen molar-refractivity contribution in [3.05, 3.63) is 53.6 Å². The Kier molecular flexibility index (Phi) is 6.50. The number of carbonyl (C=O) groups is 2. The number of ether oxygens (including phenoxy) is 3. The van der Waals surface area contributed by atoms with Crippen LogP contribution in [0.1, 0.15) is 22.8 Å². The molecule has 0 aromatic heterocycles. The molecule has 1 atom stereocenters. The van der Waals surface area contributed by atoms with Crippen LogP contribution in [0.2, 0.25) is 0 Å². The first kappa shape index (κ1) is 21.1. The minimum absolute atomic E-state index is 0.0949. The van der Waals surface area contributed by atoms with Gasteiger partial charge in [-0.2, -0.15) is 13.2 Å². The van der Waals surface area contributed by atoms with Crippen molar-refractivity contribution in [1.82, 2.24) is 0 Å². The molecule has 0 heterocycles. The fourth-order valence-corrected chi connectivity index (χ4v) is 2.23. The summed E-state index contributed by atoms with van der Waals surface area (Å²) in [5.74, 6) is -0.809. The van der Waals surface area contributed by atoms with Crippen LogP contribution in [0.25, 0.3) is 0 Å². The van der Waals surface area contributed by atoms with Crippen LogP contribution in [-0.2, 0) is 15.7 Å². The second-order valence-electron chi connectivity index (χ2n) is 5.68. The first-order valence-corrected chi connectivity index (χ1v) is 8.07. The van der Waals surface area contributed by atoms with E-state index in [-0.39, 0.29) is 17.0 Å². The minimum atomic E-state index is -4.47. The normalized spacial score (nSPS) is 12.1. The molecule has 0 bridgehead atoms. The largest absolute Gasteiger partial charge is 0.497 e. The molecule has 2 aromatic rings. The lowest BCUT2D eigenvalue weighted by atomic mass is 10.2. The highest BCUT2D eigenvalue weighted by molar-refractivity contribution is 5.98. The molecule has 1 unspecified atom stereocenters. The van der Waals surface area contributed by atoms with Gasteiger partial charge in [0.15, 0.2) is 6.10 Å². The summed E-state index contributed by atoms with van der Waals surface area (Å²) in [6, 6.07) is 8.36. The average molecular weight is 397 g/mol. The quantitative estimate of drug-likeness (QED) is 0.749. The van der Waals surface area contributed by atoms with Crippen molar-refractivity contribution in [2.45, 2.75) is 19.2 Å². The van der Waals surface area contributed by atoms with Gasteiger partial charge in [-0.05, 0) is 43.3 Å². The predicted molar refractivity (Wildman–Crippen MR) is 94.5 cm³/mol. The van der Waals surface area contributed by atoms with Crippen molar-refractivity contribution in [2.24, 2.45) is 0 Å². The summed E-state index contributed by atoms with van der Waals surface area (Å²) in [6.07, 6.45) is -5.66. The number of carbonyl (C=O) groups excluding carboxylic acids is 2. The summed E-state index contributed by atoms with van der Waals surface area (Å²) in [4.78, 5) is 24.5. The Bertz CT molecular complexity index is 850. The molecule has 0 saturated heterocycles. The van der Waals surface area contributed by atoms with Gasteiger partial charge >= 0.3 is 12.1 Å². The molecule has 0 aliphatic carbocycles. The molecule has 0 radical (unpaired) electrons. The molecule has 0 aliphatic heterocycles. The highest BCUT2D eigenvalue weighted by Gasteiger charge is 2.30. The Hall–Kier alpha value is -3.23. The Morgan fingerprint density at radius 1 is 1.00 bits per heavy atom. The third-order valence-electron chi connectivity index (χ3n) is 3.76. The van der Waals surface area contributed by atoms with Gasteiger partial charge in [-0.3, -0.25) is 4.79 Å². The van der Waals surface area contributed by atoms with Crippen molar-refractivity contribution in [3.63, 3.8) is 0 Å². The zero-order valence-electron chi connectivity index (χ0n) is 15.3. The number of hydrogen-bond donors (Lipinski definition) is 1. The molecule has 9 heteroatoms. The van der Waals surface area contributed by atoms with Crippen LogP contribution in [0.15, 0.2) is 42.5 Å². The summed E-state index contributed by atoms with van der Waals surface area (Å²) in [7, 11) is 2.83. The number of nitrogens with one attached hydrogen (secondary N) is 1. The number of esters is 1. The summed E-state index contributed by atoms with van der Waals surface area (Å²) in [5, 5.41) is 2.39. The average Bonchev–Trinajstić information content (AvgIpc) is 2.66. The number of methoxy groups -OCH3 is 2. The van der Waals surface area contributed by atoms with Gasteiger partial charge in [0, 0.05) is 11.8 Å². The lowest BCUT2D eigenvalue weighted by Gasteiger charge is -2.15. The zero-order chi connectivity index (χ0) is 20.9. The van der Waals surface area contributed by atoms with Crippen LogP contribution >= 0.6 is 0 Å². The molecule has 150 valence electrons. The van der Waals surface area contributed by atoms with Crippen molar-refractivity contribution in [3.8, 4) is 11.5 Å². The molecule has 2 aromatic carbocycles. The lowest BCUT2D eigenvalue weighted by Crippen LogP contribution is -2.30. The fourth-order valence-electron chi connectivity index (χ4n) is 2.23. The number of halogens is 3. The van der Waals surface area contributed by atoms with Gasteiger partial charge in [0.2, 0.25) is 0 Å². The zero-order valence-corrected chi connectivity index (χ0v) is 15.3. The van der Waals surface area contributed by atoms with E-state index in [0.29, 0.717) is 5.75 Å². The molecule has 2 rings (SSSR count). The van der Waals surface area contributed by atoms with E-state index < -0.39 is 29.7 Å². The Balaban J connectivity index is 2.03. The van der Waals surface area contributed by atoms with E-state index >= 15 is 0 Å². The Labute approximate surface area is 159 Å². The maximum atomic E-state index is 12.6. The molecule has 0 spiro atoms. The molecule has 6 nitrogen and oxygen atoms in total. The van der Waals surface area contributed by atoms with Crippen molar-refractivity contribution in [2.75, 3.05) is 19.5 Å².